The summed E-state index contributed by atoms with van der Waals surface area (Å²) in [4.78, 5) is 0.244. The summed E-state index contributed by atoms with van der Waals surface area (Å²) in [6, 6.07) is 8.18. The van der Waals surface area contributed by atoms with Crippen molar-refractivity contribution in [3.63, 3.8) is 0 Å². The highest BCUT2D eigenvalue weighted by Gasteiger charge is 2.21. The van der Waals surface area contributed by atoms with Crippen LogP contribution in [0.3, 0.4) is 0 Å². The second-order valence-electron chi connectivity index (χ2n) is 4.57. The number of aryl methyl sites for hydroxylation is 1. The van der Waals surface area contributed by atoms with E-state index in [1.165, 1.54) is 4.31 Å². The lowest BCUT2D eigenvalue weighted by molar-refractivity contribution is 0.414. The maximum Gasteiger partial charge on any atom is 0.243 e. The average Bonchev–Trinajstić information content (AvgIpc) is 2.94. The van der Waals surface area contributed by atoms with E-state index in [0.29, 0.717) is 12.3 Å². The minimum absolute atomic E-state index is 0.244. The zero-order valence-electron chi connectivity index (χ0n) is 12.4. The number of methoxy groups -OCH3 is 1. The quantitative estimate of drug-likeness (QED) is 0.815. The molecule has 0 N–H and O–H groups in total. The van der Waals surface area contributed by atoms with Crippen LogP contribution < -0.4 is 4.74 Å². The third-order valence-corrected chi connectivity index (χ3v) is 5.07. The van der Waals surface area contributed by atoms with E-state index in [0.717, 1.165) is 5.69 Å². The van der Waals surface area contributed by atoms with Crippen molar-refractivity contribution < 1.29 is 13.2 Å². The van der Waals surface area contributed by atoms with Crippen LogP contribution in [0.5, 0.6) is 5.75 Å². The predicted octanol–water partition coefficient (Wildman–Crippen LogP) is 1.73. The van der Waals surface area contributed by atoms with Gasteiger partial charge in [-0.25, -0.2) is 8.42 Å². The lowest BCUT2D eigenvalue weighted by atomic mass is 10.3. The Bertz CT molecular complexity index is 693. The SMILES string of the molecule is CCn1nccc1CN(C)S(=O)(=O)c1ccc(OC)cc1. The summed E-state index contributed by atoms with van der Waals surface area (Å²) < 4.78 is 33.2. The Morgan fingerprint density at radius 3 is 2.48 bits per heavy atom. The molecule has 0 aliphatic heterocycles. The third kappa shape index (κ3) is 3.25. The van der Waals surface area contributed by atoms with Crippen LogP contribution in [0.2, 0.25) is 0 Å². The van der Waals surface area contributed by atoms with E-state index in [9.17, 15) is 8.42 Å². The number of aromatic nitrogens is 2. The zero-order chi connectivity index (χ0) is 15.5. The summed E-state index contributed by atoms with van der Waals surface area (Å²) in [5, 5.41) is 4.14. The van der Waals surface area contributed by atoms with E-state index in [1.807, 2.05) is 13.0 Å². The molecule has 1 aromatic heterocycles. The maximum absolute atomic E-state index is 12.5. The molecule has 0 aliphatic carbocycles. The maximum atomic E-state index is 12.5. The first-order chi connectivity index (χ1) is 9.98. The molecule has 21 heavy (non-hydrogen) atoms. The smallest absolute Gasteiger partial charge is 0.243 e. The van der Waals surface area contributed by atoms with Crippen molar-refractivity contribution in [3.8, 4) is 5.75 Å². The summed E-state index contributed by atoms with van der Waals surface area (Å²) in [6.07, 6.45) is 1.67. The summed E-state index contributed by atoms with van der Waals surface area (Å²) in [5.41, 5.74) is 0.858. The predicted molar refractivity (Wildman–Crippen MR) is 79.5 cm³/mol. The van der Waals surface area contributed by atoms with Gasteiger partial charge in [-0.3, -0.25) is 4.68 Å². The van der Waals surface area contributed by atoms with E-state index in [1.54, 1.807) is 49.3 Å². The molecule has 1 aromatic carbocycles. The highest BCUT2D eigenvalue weighted by atomic mass is 32.2. The molecule has 0 spiro atoms. The highest BCUT2D eigenvalue weighted by molar-refractivity contribution is 7.89. The van der Waals surface area contributed by atoms with Gasteiger partial charge in [-0.2, -0.15) is 9.40 Å². The molecule has 0 radical (unpaired) electrons. The Labute approximate surface area is 125 Å². The normalized spacial score (nSPS) is 11.8. The van der Waals surface area contributed by atoms with Crippen molar-refractivity contribution in [2.24, 2.45) is 0 Å². The molecule has 0 amide bonds. The number of rotatable bonds is 6. The van der Waals surface area contributed by atoms with Gasteiger partial charge >= 0.3 is 0 Å². The van der Waals surface area contributed by atoms with Gasteiger partial charge in [0, 0.05) is 19.8 Å². The summed E-state index contributed by atoms with van der Waals surface area (Å²) in [7, 11) is -0.423. The van der Waals surface area contributed by atoms with Crippen molar-refractivity contribution in [1.82, 2.24) is 14.1 Å². The van der Waals surface area contributed by atoms with Gasteiger partial charge in [0.15, 0.2) is 0 Å². The number of hydrogen-bond donors (Lipinski definition) is 0. The van der Waals surface area contributed by atoms with E-state index in [-0.39, 0.29) is 11.4 Å². The van der Waals surface area contributed by atoms with Crippen LogP contribution in [-0.4, -0.2) is 36.7 Å². The fourth-order valence-electron chi connectivity index (χ4n) is 2.02. The molecule has 114 valence electrons. The van der Waals surface area contributed by atoms with Gasteiger partial charge in [0.1, 0.15) is 5.75 Å². The third-order valence-electron chi connectivity index (χ3n) is 3.26. The van der Waals surface area contributed by atoms with Gasteiger partial charge in [0.05, 0.1) is 24.2 Å². The molecule has 2 rings (SSSR count). The van der Waals surface area contributed by atoms with E-state index >= 15 is 0 Å². The van der Waals surface area contributed by atoms with Crippen LogP contribution in [0.15, 0.2) is 41.4 Å². The van der Waals surface area contributed by atoms with Crippen LogP contribution in [0, 0.1) is 0 Å². The molecule has 0 atom stereocenters. The minimum Gasteiger partial charge on any atom is -0.497 e. The molecule has 6 nitrogen and oxygen atoms in total. The van der Waals surface area contributed by atoms with Gasteiger partial charge in [-0.1, -0.05) is 0 Å². The molecule has 0 unspecified atom stereocenters. The monoisotopic (exact) mass is 309 g/mol. The van der Waals surface area contributed by atoms with Gasteiger partial charge in [0.2, 0.25) is 10.0 Å². The second kappa shape index (κ2) is 6.28. The lowest BCUT2D eigenvalue weighted by Gasteiger charge is -2.17. The highest BCUT2D eigenvalue weighted by Crippen LogP contribution is 2.19. The number of hydrogen-bond acceptors (Lipinski definition) is 4. The van der Waals surface area contributed by atoms with Crippen molar-refractivity contribution in [2.45, 2.75) is 24.9 Å². The van der Waals surface area contributed by atoms with E-state index in [4.69, 9.17) is 4.74 Å². The topological polar surface area (TPSA) is 64.4 Å². The van der Waals surface area contributed by atoms with Crippen LogP contribution in [0.4, 0.5) is 0 Å². The van der Waals surface area contributed by atoms with Crippen LogP contribution >= 0.6 is 0 Å². The van der Waals surface area contributed by atoms with Gasteiger partial charge < -0.3 is 4.74 Å². The molecule has 1 heterocycles. The second-order valence-corrected chi connectivity index (χ2v) is 6.62. The fourth-order valence-corrected chi connectivity index (χ4v) is 3.16. The Kier molecular flexibility index (Phi) is 4.64. The Morgan fingerprint density at radius 1 is 1.24 bits per heavy atom. The molecule has 0 fully saturated rings. The molecule has 0 bridgehead atoms. The van der Waals surface area contributed by atoms with E-state index in [2.05, 4.69) is 5.10 Å². The Morgan fingerprint density at radius 2 is 1.90 bits per heavy atom. The lowest BCUT2D eigenvalue weighted by Crippen LogP contribution is -2.27. The van der Waals surface area contributed by atoms with Crippen LogP contribution in [-0.2, 0) is 23.1 Å². The standard InChI is InChI=1S/C14H19N3O3S/c1-4-17-12(9-10-15-17)11-16(2)21(18,19)14-7-5-13(20-3)6-8-14/h5-10H,4,11H2,1-3H3. The molecule has 2 aromatic rings. The first kappa shape index (κ1) is 15.5. The Hall–Kier alpha value is -1.86. The summed E-state index contributed by atoms with van der Waals surface area (Å²) in [6.45, 7) is 2.95. The average molecular weight is 309 g/mol. The van der Waals surface area contributed by atoms with Gasteiger partial charge in [-0.05, 0) is 37.3 Å². The largest absolute Gasteiger partial charge is 0.497 e. The van der Waals surface area contributed by atoms with Gasteiger partial charge in [0.25, 0.3) is 0 Å². The molecular formula is C14H19N3O3S. The number of nitrogens with zero attached hydrogens (tertiary/aromatic N) is 3. The molecule has 0 aliphatic rings. The summed E-state index contributed by atoms with van der Waals surface area (Å²) in [5.74, 6) is 0.626. The first-order valence-corrected chi connectivity index (χ1v) is 8.04. The molecule has 0 saturated heterocycles. The number of ether oxygens (including phenoxy) is 1. The zero-order valence-corrected chi connectivity index (χ0v) is 13.2. The van der Waals surface area contributed by atoms with Crippen LogP contribution in [0.25, 0.3) is 0 Å². The van der Waals surface area contributed by atoms with Crippen LogP contribution in [0.1, 0.15) is 12.6 Å². The Balaban J connectivity index is 2.21. The van der Waals surface area contributed by atoms with Crippen molar-refractivity contribution in [3.05, 3.63) is 42.2 Å². The summed E-state index contributed by atoms with van der Waals surface area (Å²) >= 11 is 0. The number of sulfonamides is 1. The first-order valence-electron chi connectivity index (χ1n) is 6.60. The molecular weight excluding hydrogens is 290 g/mol. The number of benzene rings is 1. The molecule has 0 saturated carbocycles. The van der Waals surface area contributed by atoms with Crippen molar-refractivity contribution >= 4 is 10.0 Å². The van der Waals surface area contributed by atoms with E-state index < -0.39 is 10.0 Å². The molecule has 7 heteroatoms. The van der Waals surface area contributed by atoms with Crippen molar-refractivity contribution in [1.29, 1.82) is 0 Å². The fraction of sp³-hybridized carbons (Fsp3) is 0.357. The van der Waals surface area contributed by atoms with Crippen molar-refractivity contribution in [2.75, 3.05) is 14.2 Å². The van der Waals surface area contributed by atoms with Gasteiger partial charge in [-0.15, -0.1) is 0 Å². The minimum atomic E-state index is -3.53.